The van der Waals surface area contributed by atoms with Gasteiger partial charge in [0, 0.05) is 17.9 Å². The number of ether oxygens (including phenoxy) is 1. The van der Waals surface area contributed by atoms with Gasteiger partial charge in [-0.15, -0.1) is 0 Å². The van der Waals surface area contributed by atoms with E-state index in [-0.39, 0.29) is 11.5 Å². The monoisotopic (exact) mass is 251 g/mol. The minimum atomic E-state index is -0.129. The molecule has 1 unspecified atom stereocenters. The van der Waals surface area contributed by atoms with Crippen molar-refractivity contribution in [1.82, 2.24) is 9.97 Å². The van der Waals surface area contributed by atoms with Crippen LogP contribution in [0.3, 0.4) is 0 Å². The molecule has 1 aromatic heterocycles. The lowest BCUT2D eigenvalue weighted by Gasteiger charge is -2.29. The van der Waals surface area contributed by atoms with Gasteiger partial charge in [0.2, 0.25) is 0 Å². The van der Waals surface area contributed by atoms with Crippen LogP contribution in [0.5, 0.6) is 0 Å². The van der Waals surface area contributed by atoms with Crippen LogP contribution in [0.25, 0.3) is 0 Å². The molecule has 0 radical (unpaired) electrons. The zero-order chi connectivity index (χ0) is 13.9. The number of anilines is 1. The number of nitrogens with two attached hydrogens (primary N) is 1. The normalized spacial score (nSPS) is 13.7. The number of aromatic nitrogens is 2. The van der Waals surface area contributed by atoms with E-state index in [0.29, 0.717) is 18.2 Å². The number of aryl methyl sites for hydroxylation is 1. The predicted molar refractivity (Wildman–Crippen MR) is 74.4 cm³/mol. The Morgan fingerprint density at radius 2 is 1.83 bits per heavy atom. The summed E-state index contributed by atoms with van der Waals surface area (Å²) in [6.07, 6.45) is 0.727. The van der Waals surface area contributed by atoms with E-state index in [1.807, 2.05) is 13.8 Å². The number of rotatable bonds is 4. The van der Waals surface area contributed by atoms with Crippen molar-refractivity contribution in [2.75, 3.05) is 12.3 Å². The van der Waals surface area contributed by atoms with Crippen LogP contribution in [-0.2, 0) is 11.2 Å². The van der Waals surface area contributed by atoms with Gasteiger partial charge in [0.15, 0.2) is 5.82 Å². The highest BCUT2D eigenvalue weighted by atomic mass is 16.5. The van der Waals surface area contributed by atoms with E-state index >= 15 is 0 Å². The summed E-state index contributed by atoms with van der Waals surface area (Å²) < 4.78 is 5.81. The van der Waals surface area contributed by atoms with Gasteiger partial charge in [-0.1, -0.05) is 27.7 Å². The molecule has 1 heterocycles. The van der Waals surface area contributed by atoms with E-state index in [0.717, 1.165) is 17.7 Å². The maximum atomic E-state index is 5.97. The van der Waals surface area contributed by atoms with Gasteiger partial charge in [-0.25, -0.2) is 9.97 Å². The van der Waals surface area contributed by atoms with Gasteiger partial charge in [0.25, 0.3) is 0 Å². The SMILES string of the molecule is CCOC(c1nc(N)c(C)c(CC)n1)C(C)(C)C. The van der Waals surface area contributed by atoms with Gasteiger partial charge in [0.1, 0.15) is 11.9 Å². The highest BCUT2D eigenvalue weighted by molar-refractivity contribution is 5.41. The van der Waals surface area contributed by atoms with Crippen molar-refractivity contribution in [2.45, 2.75) is 54.1 Å². The summed E-state index contributed by atoms with van der Waals surface area (Å²) in [6, 6.07) is 0. The third-order valence-electron chi connectivity index (χ3n) is 2.99. The zero-order valence-electron chi connectivity index (χ0n) is 12.4. The molecule has 2 N–H and O–H groups in total. The van der Waals surface area contributed by atoms with Gasteiger partial charge in [-0.2, -0.15) is 0 Å². The molecule has 0 fully saturated rings. The lowest BCUT2D eigenvalue weighted by Crippen LogP contribution is -2.24. The van der Waals surface area contributed by atoms with E-state index in [2.05, 4.69) is 37.7 Å². The first kappa shape index (κ1) is 14.9. The lowest BCUT2D eigenvalue weighted by molar-refractivity contribution is -0.0191. The first-order valence-corrected chi connectivity index (χ1v) is 6.55. The van der Waals surface area contributed by atoms with Crippen LogP contribution in [0.4, 0.5) is 5.82 Å². The van der Waals surface area contributed by atoms with Gasteiger partial charge >= 0.3 is 0 Å². The molecule has 0 aliphatic rings. The minimum Gasteiger partial charge on any atom is -0.383 e. The molecule has 0 saturated carbocycles. The Labute approximate surface area is 110 Å². The van der Waals surface area contributed by atoms with Gasteiger partial charge in [0.05, 0.1) is 0 Å². The summed E-state index contributed by atoms with van der Waals surface area (Å²) in [5.41, 5.74) is 7.90. The molecule has 0 aromatic carbocycles. The topological polar surface area (TPSA) is 61.0 Å². The van der Waals surface area contributed by atoms with Crippen LogP contribution < -0.4 is 5.73 Å². The quantitative estimate of drug-likeness (QED) is 0.893. The molecule has 18 heavy (non-hydrogen) atoms. The fourth-order valence-corrected chi connectivity index (χ4v) is 1.94. The molecule has 0 aliphatic carbocycles. The summed E-state index contributed by atoms with van der Waals surface area (Å²) in [5, 5.41) is 0. The maximum absolute atomic E-state index is 5.97. The largest absolute Gasteiger partial charge is 0.383 e. The van der Waals surface area contributed by atoms with Crippen LogP contribution in [0, 0.1) is 12.3 Å². The molecule has 1 aromatic rings. The summed E-state index contributed by atoms with van der Waals surface area (Å²) in [4.78, 5) is 9.03. The van der Waals surface area contributed by atoms with Crippen LogP contribution in [-0.4, -0.2) is 16.6 Å². The molecule has 1 rings (SSSR count). The van der Waals surface area contributed by atoms with Crippen LogP contribution in [0.15, 0.2) is 0 Å². The number of hydrogen-bond donors (Lipinski definition) is 1. The third-order valence-corrected chi connectivity index (χ3v) is 2.99. The van der Waals surface area contributed by atoms with Crippen molar-refractivity contribution in [1.29, 1.82) is 0 Å². The van der Waals surface area contributed by atoms with E-state index in [9.17, 15) is 0 Å². The third kappa shape index (κ3) is 3.19. The highest BCUT2D eigenvalue weighted by Gasteiger charge is 2.30. The summed E-state index contributed by atoms with van der Waals surface area (Å²) >= 11 is 0. The Bertz CT molecular complexity index is 410. The molecular formula is C14H25N3O. The van der Waals surface area contributed by atoms with Crippen molar-refractivity contribution in [2.24, 2.45) is 5.41 Å². The average Bonchev–Trinajstić information content (AvgIpc) is 2.28. The summed E-state index contributed by atoms with van der Waals surface area (Å²) in [7, 11) is 0. The smallest absolute Gasteiger partial charge is 0.160 e. The number of nitrogens with zero attached hydrogens (tertiary/aromatic N) is 2. The van der Waals surface area contributed by atoms with Gasteiger partial charge < -0.3 is 10.5 Å². The van der Waals surface area contributed by atoms with Gasteiger partial charge in [-0.3, -0.25) is 0 Å². The fourth-order valence-electron chi connectivity index (χ4n) is 1.94. The maximum Gasteiger partial charge on any atom is 0.160 e. The molecule has 4 heteroatoms. The second-order valence-electron chi connectivity index (χ2n) is 5.59. The second-order valence-corrected chi connectivity index (χ2v) is 5.59. The van der Waals surface area contributed by atoms with Crippen molar-refractivity contribution in [3.63, 3.8) is 0 Å². The van der Waals surface area contributed by atoms with Crippen LogP contribution >= 0.6 is 0 Å². The lowest BCUT2D eigenvalue weighted by atomic mass is 9.88. The molecule has 0 saturated heterocycles. The predicted octanol–water partition coefficient (Wildman–Crippen LogP) is 3.05. The average molecular weight is 251 g/mol. The number of hydrogen-bond acceptors (Lipinski definition) is 4. The van der Waals surface area contributed by atoms with Crippen molar-refractivity contribution in [3.8, 4) is 0 Å². The minimum absolute atomic E-state index is 0.0529. The van der Waals surface area contributed by atoms with E-state index in [4.69, 9.17) is 10.5 Å². The molecule has 0 amide bonds. The van der Waals surface area contributed by atoms with E-state index in [1.54, 1.807) is 0 Å². The Morgan fingerprint density at radius 3 is 2.28 bits per heavy atom. The highest BCUT2D eigenvalue weighted by Crippen LogP contribution is 2.35. The standard InChI is InChI=1S/C14H25N3O/c1-7-10-9(3)12(15)17-13(16-10)11(18-8-2)14(4,5)6/h11H,7-8H2,1-6H3,(H2,15,16,17). The fraction of sp³-hybridized carbons (Fsp3) is 0.714. The Kier molecular flexibility index (Phi) is 4.68. The molecular weight excluding hydrogens is 226 g/mol. The molecule has 0 aliphatic heterocycles. The second kappa shape index (κ2) is 5.65. The summed E-state index contributed by atoms with van der Waals surface area (Å²) in [5.74, 6) is 1.26. The molecule has 1 atom stereocenters. The van der Waals surface area contributed by atoms with E-state index < -0.39 is 0 Å². The summed E-state index contributed by atoms with van der Waals surface area (Å²) in [6.45, 7) is 13.0. The molecule has 0 bridgehead atoms. The van der Waals surface area contributed by atoms with Crippen LogP contribution in [0.1, 0.15) is 57.8 Å². The Morgan fingerprint density at radius 1 is 1.22 bits per heavy atom. The Hall–Kier alpha value is -1.16. The van der Waals surface area contributed by atoms with Gasteiger partial charge in [-0.05, 0) is 25.7 Å². The zero-order valence-corrected chi connectivity index (χ0v) is 12.4. The number of nitrogen functional groups attached to an aromatic ring is 1. The molecule has 4 nitrogen and oxygen atoms in total. The molecule has 0 spiro atoms. The molecule has 102 valence electrons. The van der Waals surface area contributed by atoms with E-state index in [1.165, 1.54) is 0 Å². The Balaban J connectivity index is 3.25. The van der Waals surface area contributed by atoms with Crippen molar-refractivity contribution >= 4 is 5.82 Å². The van der Waals surface area contributed by atoms with Crippen molar-refractivity contribution in [3.05, 3.63) is 17.1 Å². The first-order valence-electron chi connectivity index (χ1n) is 6.55. The van der Waals surface area contributed by atoms with Crippen molar-refractivity contribution < 1.29 is 4.74 Å². The first-order chi connectivity index (χ1) is 8.31. The van der Waals surface area contributed by atoms with Crippen LogP contribution in [0.2, 0.25) is 0 Å².